The van der Waals surface area contributed by atoms with Gasteiger partial charge in [-0.3, -0.25) is 4.79 Å². The summed E-state index contributed by atoms with van der Waals surface area (Å²) in [5.41, 5.74) is 1.38. The van der Waals surface area contributed by atoms with Crippen LogP contribution < -0.4 is 0 Å². The lowest BCUT2D eigenvalue weighted by atomic mass is 10.2. The molecule has 1 saturated heterocycles. The summed E-state index contributed by atoms with van der Waals surface area (Å²) >= 11 is 0. The van der Waals surface area contributed by atoms with E-state index in [2.05, 4.69) is 15.0 Å². The number of H-pyrrole nitrogens is 1. The minimum atomic E-state index is -0.299. The zero-order chi connectivity index (χ0) is 15.8. The first-order chi connectivity index (χ1) is 11.2. The van der Waals surface area contributed by atoms with Crippen LogP contribution in [0, 0.1) is 5.82 Å². The van der Waals surface area contributed by atoms with Gasteiger partial charge >= 0.3 is 0 Å². The smallest absolute Gasteiger partial charge is 0.243 e. The Kier molecular flexibility index (Phi) is 3.33. The molecule has 4 rings (SSSR count). The van der Waals surface area contributed by atoms with E-state index in [0.717, 1.165) is 24.2 Å². The molecule has 7 heteroatoms. The predicted molar refractivity (Wildman–Crippen MR) is 82.0 cm³/mol. The number of benzene rings is 1. The zero-order valence-corrected chi connectivity index (χ0v) is 12.4. The quantitative estimate of drug-likeness (QED) is 0.806. The number of amides is 1. The number of rotatable bonds is 3. The minimum absolute atomic E-state index is 0.0390. The maximum absolute atomic E-state index is 13.3. The van der Waals surface area contributed by atoms with Crippen LogP contribution >= 0.6 is 0 Å². The van der Waals surface area contributed by atoms with E-state index in [1.165, 1.54) is 12.1 Å². The number of nitrogens with zero attached hydrogens (tertiary/aromatic N) is 4. The molecule has 2 aromatic heterocycles. The Morgan fingerprint density at radius 3 is 3.17 bits per heavy atom. The van der Waals surface area contributed by atoms with Crippen molar-refractivity contribution in [3.05, 3.63) is 48.6 Å². The molecular weight excluding hydrogens is 297 g/mol. The normalized spacial score (nSPS) is 18.0. The Labute approximate surface area is 132 Å². The number of fused-ring (bicyclic) bond motifs is 1. The second-order valence-electron chi connectivity index (χ2n) is 5.76. The van der Waals surface area contributed by atoms with Crippen molar-refractivity contribution in [2.45, 2.75) is 25.4 Å². The number of aromatic nitrogens is 4. The average molecular weight is 313 g/mol. The standard InChI is InChI=1S/C16H16FN5O/c17-11-3-4-12-13(8-11)20-16(19-12)14-2-1-6-22(14)15(23)9-21-7-5-18-10-21/h3-5,7-8,10,14H,1-2,6,9H2,(H,19,20)/t14-/m1/s1. The van der Waals surface area contributed by atoms with Crippen LogP contribution in [0.3, 0.4) is 0 Å². The van der Waals surface area contributed by atoms with E-state index < -0.39 is 0 Å². The number of likely N-dealkylation sites (tertiary alicyclic amines) is 1. The first-order valence-corrected chi connectivity index (χ1v) is 7.61. The fourth-order valence-electron chi connectivity index (χ4n) is 3.14. The number of hydrogen-bond donors (Lipinski definition) is 1. The van der Waals surface area contributed by atoms with Crippen LogP contribution in [0.4, 0.5) is 4.39 Å². The highest BCUT2D eigenvalue weighted by molar-refractivity contribution is 5.78. The van der Waals surface area contributed by atoms with Crippen molar-refractivity contribution in [1.82, 2.24) is 24.4 Å². The molecular formula is C16H16FN5O. The van der Waals surface area contributed by atoms with Crippen molar-refractivity contribution in [2.75, 3.05) is 6.54 Å². The van der Waals surface area contributed by atoms with Crippen molar-refractivity contribution in [1.29, 1.82) is 0 Å². The Hall–Kier alpha value is -2.70. The number of carbonyl (C=O) groups excluding carboxylic acids is 1. The number of nitrogens with one attached hydrogen (secondary N) is 1. The third kappa shape index (κ3) is 2.58. The second-order valence-corrected chi connectivity index (χ2v) is 5.76. The number of aromatic amines is 1. The maximum atomic E-state index is 13.3. The zero-order valence-electron chi connectivity index (χ0n) is 12.4. The minimum Gasteiger partial charge on any atom is -0.340 e. The molecule has 6 nitrogen and oxygen atoms in total. The number of carbonyl (C=O) groups is 1. The molecule has 1 fully saturated rings. The number of imidazole rings is 2. The third-order valence-electron chi connectivity index (χ3n) is 4.23. The molecule has 23 heavy (non-hydrogen) atoms. The lowest BCUT2D eigenvalue weighted by Gasteiger charge is -2.23. The van der Waals surface area contributed by atoms with Crippen LogP contribution in [0.1, 0.15) is 24.7 Å². The summed E-state index contributed by atoms with van der Waals surface area (Å²) in [6.07, 6.45) is 6.85. The van der Waals surface area contributed by atoms with Crippen molar-refractivity contribution in [2.24, 2.45) is 0 Å². The molecule has 3 heterocycles. The van der Waals surface area contributed by atoms with Gasteiger partial charge in [0.05, 0.1) is 23.4 Å². The van der Waals surface area contributed by atoms with Gasteiger partial charge in [-0.2, -0.15) is 0 Å². The van der Waals surface area contributed by atoms with Crippen LogP contribution in [-0.2, 0) is 11.3 Å². The van der Waals surface area contributed by atoms with Crippen LogP contribution in [0.25, 0.3) is 11.0 Å². The third-order valence-corrected chi connectivity index (χ3v) is 4.23. The molecule has 3 aromatic rings. The van der Waals surface area contributed by atoms with Crippen molar-refractivity contribution in [3.63, 3.8) is 0 Å². The average Bonchev–Trinajstić information content (AvgIpc) is 3.26. The summed E-state index contributed by atoms with van der Waals surface area (Å²) in [6, 6.07) is 4.39. The largest absolute Gasteiger partial charge is 0.340 e. The SMILES string of the molecule is O=C(Cn1ccnc1)N1CCC[C@@H]1c1nc2ccc(F)cc2[nH]1. The molecule has 118 valence electrons. The summed E-state index contributed by atoms with van der Waals surface area (Å²) < 4.78 is 15.1. The van der Waals surface area contributed by atoms with Crippen LogP contribution in [0.15, 0.2) is 36.9 Å². The predicted octanol–water partition coefficient (Wildman–Crippen LogP) is 2.26. The van der Waals surface area contributed by atoms with Crippen molar-refractivity contribution in [3.8, 4) is 0 Å². The van der Waals surface area contributed by atoms with Gasteiger partial charge in [0.2, 0.25) is 5.91 Å². The number of hydrogen-bond acceptors (Lipinski definition) is 3. The molecule has 0 saturated carbocycles. The van der Waals surface area contributed by atoms with Crippen molar-refractivity contribution < 1.29 is 9.18 Å². The Morgan fingerprint density at radius 1 is 1.43 bits per heavy atom. The topological polar surface area (TPSA) is 66.8 Å². The second kappa shape index (κ2) is 5.49. The molecule has 0 aliphatic carbocycles. The van der Waals surface area contributed by atoms with Gasteiger partial charge < -0.3 is 14.5 Å². The monoisotopic (exact) mass is 313 g/mol. The van der Waals surface area contributed by atoms with Crippen LogP contribution in [-0.4, -0.2) is 36.9 Å². The fraction of sp³-hybridized carbons (Fsp3) is 0.312. The van der Waals surface area contributed by atoms with Gasteiger partial charge in [0.25, 0.3) is 0 Å². The highest BCUT2D eigenvalue weighted by Gasteiger charge is 2.32. The molecule has 0 bridgehead atoms. The van der Waals surface area contributed by atoms with Crippen molar-refractivity contribution >= 4 is 16.9 Å². The van der Waals surface area contributed by atoms with E-state index in [0.29, 0.717) is 12.1 Å². The molecule has 1 aliphatic heterocycles. The van der Waals surface area contributed by atoms with E-state index in [9.17, 15) is 9.18 Å². The van der Waals surface area contributed by atoms with E-state index in [-0.39, 0.29) is 24.3 Å². The molecule has 0 unspecified atom stereocenters. The van der Waals surface area contributed by atoms with Gasteiger partial charge in [0.15, 0.2) is 0 Å². The lowest BCUT2D eigenvalue weighted by Crippen LogP contribution is -2.33. The van der Waals surface area contributed by atoms with E-state index in [1.54, 1.807) is 29.4 Å². The highest BCUT2D eigenvalue weighted by atomic mass is 19.1. The van der Waals surface area contributed by atoms with E-state index in [4.69, 9.17) is 0 Å². The Balaban J connectivity index is 1.59. The van der Waals surface area contributed by atoms with Crippen LogP contribution in [0.5, 0.6) is 0 Å². The van der Waals surface area contributed by atoms with Crippen LogP contribution in [0.2, 0.25) is 0 Å². The molecule has 1 atom stereocenters. The Bertz CT molecular complexity index is 841. The van der Waals surface area contributed by atoms with Gasteiger partial charge in [-0.05, 0) is 31.0 Å². The van der Waals surface area contributed by atoms with Gasteiger partial charge in [-0.1, -0.05) is 0 Å². The van der Waals surface area contributed by atoms with E-state index >= 15 is 0 Å². The molecule has 1 amide bonds. The first-order valence-electron chi connectivity index (χ1n) is 7.61. The highest BCUT2D eigenvalue weighted by Crippen LogP contribution is 2.31. The Morgan fingerprint density at radius 2 is 2.35 bits per heavy atom. The number of halogens is 1. The first kappa shape index (κ1) is 13.9. The van der Waals surface area contributed by atoms with Gasteiger partial charge in [0.1, 0.15) is 18.2 Å². The summed E-state index contributed by atoms with van der Waals surface area (Å²) in [5.74, 6) is 0.464. The molecule has 1 aromatic carbocycles. The van der Waals surface area contributed by atoms with Gasteiger partial charge in [0, 0.05) is 18.9 Å². The molecule has 0 spiro atoms. The lowest BCUT2D eigenvalue weighted by molar-refractivity contribution is -0.132. The fourth-order valence-corrected chi connectivity index (χ4v) is 3.14. The summed E-state index contributed by atoms with van der Waals surface area (Å²) in [4.78, 5) is 26.0. The van der Waals surface area contributed by atoms with Gasteiger partial charge in [-0.15, -0.1) is 0 Å². The molecule has 1 N–H and O–H groups in total. The summed E-state index contributed by atoms with van der Waals surface area (Å²) in [7, 11) is 0. The van der Waals surface area contributed by atoms with E-state index in [1.807, 2.05) is 4.90 Å². The van der Waals surface area contributed by atoms with Gasteiger partial charge in [-0.25, -0.2) is 14.4 Å². The summed E-state index contributed by atoms with van der Waals surface area (Å²) in [5, 5.41) is 0. The maximum Gasteiger partial charge on any atom is 0.243 e. The molecule has 0 radical (unpaired) electrons. The molecule has 1 aliphatic rings. The summed E-state index contributed by atoms with van der Waals surface area (Å²) in [6.45, 7) is 0.981.